The van der Waals surface area contributed by atoms with Crippen molar-refractivity contribution in [3.63, 3.8) is 0 Å². The van der Waals surface area contributed by atoms with E-state index in [0.29, 0.717) is 5.82 Å². The Morgan fingerprint density at radius 1 is 1.24 bits per heavy atom. The topological polar surface area (TPSA) is 117 Å². The van der Waals surface area contributed by atoms with E-state index in [4.69, 9.17) is 0 Å². The minimum Gasteiger partial charge on any atom is -0.373 e. The predicted octanol–water partition coefficient (Wildman–Crippen LogP) is -0.271. The SMILES string of the molecule is CNc1cc(S(=O)(=O)NCC(C)(C)NS(C)(=O)=O)ccn1. The van der Waals surface area contributed by atoms with Crippen molar-refractivity contribution in [3.05, 3.63) is 18.3 Å². The molecule has 0 aliphatic carbocycles. The van der Waals surface area contributed by atoms with Crippen LogP contribution in [0.5, 0.6) is 0 Å². The maximum Gasteiger partial charge on any atom is 0.240 e. The van der Waals surface area contributed by atoms with E-state index in [2.05, 4.69) is 19.7 Å². The second kappa shape index (κ2) is 6.26. The Morgan fingerprint density at radius 3 is 2.38 bits per heavy atom. The molecule has 0 spiro atoms. The van der Waals surface area contributed by atoms with E-state index in [-0.39, 0.29) is 11.4 Å². The van der Waals surface area contributed by atoms with Gasteiger partial charge < -0.3 is 5.32 Å². The number of sulfonamides is 2. The summed E-state index contributed by atoms with van der Waals surface area (Å²) in [6.45, 7) is 3.09. The molecule has 0 fully saturated rings. The minimum atomic E-state index is -3.75. The van der Waals surface area contributed by atoms with Gasteiger partial charge in [-0.15, -0.1) is 0 Å². The van der Waals surface area contributed by atoms with Crippen LogP contribution in [0.2, 0.25) is 0 Å². The molecule has 8 nitrogen and oxygen atoms in total. The van der Waals surface area contributed by atoms with Crippen molar-refractivity contribution in [1.29, 1.82) is 0 Å². The Balaban J connectivity index is 2.86. The van der Waals surface area contributed by atoms with E-state index in [1.54, 1.807) is 20.9 Å². The molecule has 1 aromatic heterocycles. The summed E-state index contributed by atoms with van der Waals surface area (Å²) >= 11 is 0. The minimum absolute atomic E-state index is 0.0528. The number of rotatable bonds is 7. The van der Waals surface area contributed by atoms with Crippen LogP contribution in [0.15, 0.2) is 23.2 Å². The number of nitrogens with one attached hydrogen (secondary N) is 3. The Bertz CT molecular complexity index is 699. The molecule has 0 aliphatic heterocycles. The van der Waals surface area contributed by atoms with Crippen molar-refractivity contribution in [3.8, 4) is 0 Å². The highest BCUT2D eigenvalue weighted by Crippen LogP contribution is 2.13. The fourth-order valence-corrected chi connectivity index (χ4v) is 3.91. The molecule has 1 rings (SSSR count). The van der Waals surface area contributed by atoms with E-state index >= 15 is 0 Å². The third-order valence-corrected chi connectivity index (χ3v) is 4.79. The van der Waals surface area contributed by atoms with Crippen LogP contribution in [0.3, 0.4) is 0 Å². The van der Waals surface area contributed by atoms with E-state index in [9.17, 15) is 16.8 Å². The van der Waals surface area contributed by atoms with Crippen molar-refractivity contribution in [2.45, 2.75) is 24.3 Å². The highest BCUT2D eigenvalue weighted by molar-refractivity contribution is 7.89. The molecule has 0 amide bonds. The van der Waals surface area contributed by atoms with Crippen LogP contribution in [0.25, 0.3) is 0 Å². The molecule has 120 valence electrons. The van der Waals surface area contributed by atoms with Gasteiger partial charge in [0.2, 0.25) is 20.0 Å². The first-order valence-corrected chi connectivity index (χ1v) is 9.45. The third-order valence-electron chi connectivity index (χ3n) is 2.46. The van der Waals surface area contributed by atoms with Crippen molar-refractivity contribution < 1.29 is 16.8 Å². The number of pyridine rings is 1. The Morgan fingerprint density at radius 2 is 1.86 bits per heavy atom. The van der Waals surface area contributed by atoms with Crippen LogP contribution in [0.1, 0.15) is 13.8 Å². The van der Waals surface area contributed by atoms with Gasteiger partial charge in [-0.05, 0) is 19.9 Å². The molecular formula is C11H20N4O4S2. The zero-order valence-electron chi connectivity index (χ0n) is 12.3. The largest absolute Gasteiger partial charge is 0.373 e. The van der Waals surface area contributed by atoms with Gasteiger partial charge in [-0.3, -0.25) is 0 Å². The summed E-state index contributed by atoms with van der Waals surface area (Å²) in [6.07, 6.45) is 2.39. The van der Waals surface area contributed by atoms with Gasteiger partial charge in [0.25, 0.3) is 0 Å². The Hall–Kier alpha value is -1.23. The molecule has 21 heavy (non-hydrogen) atoms. The van der Waals surface area contributed by atoms with Gasteiger partial charge in [-0.1, -0.05) is 0 Å². The molecule has 3 N–H and O–H groups in total. The van der Waals surface area contributed by atoms with Crippen LogP contribution in [0.4, 0.5) is 5.82 Å². The molecule has 0 aliphatic rings. The standard InChI is InChI=1S/C11H20N4O4S2/c1-11(2,15-20(4,16)17)8-14-21(18,19)9-5-6-13-10(7-9)12-3/h5-7,14-15H,8H2,1-4H3,(H,12,13). The lowest BCUT2D eigenvalue weighted by molar-refractivity contribution is 0.446. The van der Waals surface area contributed by atoms with Gasteiger partial charge in [0.1, 0.15) is 5.82 Å². The summed E-state index contributed by atoms with van der Waals surface area (Å²) in [4.78, 5) is 3.99. The van der Waals surface area contributed by atoms with Gasteiger partial charge >= 0.3 is 0 Å². The molecule has 0 saturated heterocycles. The van der Waals surface area contributed by atoms with E-state index < -0.39 is 25.6 Å². The predicted molar refractivity (Wildman–Crippen MR) is 81.0 cm³/mol. The average Bonchev–Trinajstić information content (AvgIpc) is 2.34. The number of anilines is 1. The van der Waals surface area contributed by atoms with Gasteiger partial charge in [-0.25, -0.2) is 31.3 Å². The lowest BCUT2D eigenvalue weighted by atomic mass is 10.1. The molecule has 0 saturated carbocycles. The molecule has 0 aromatic carbocycles. The first kappa shape index (κ1) is 17.8. The second-order valence-electron chi connectivity index (χ2n) is 5.21. The highest BCUT2D eigenvalue weighted by atomic mass is 32.2. The van der Waals surface area contributed by atoms with Gasteiger partial charge in [-0.2, -0.15) is 0 Å². The summed E-state index contributed by atoms with van der Waals surface area (Å²) in [5.41, 5.74) is -0.945. The average molecular weight is 336 g/mol. The quantitative estimate of drug-likeness (QED) is 0.631. The molecule has 0 bridgehead atoms. The number of aromatic nitrogens is 1. The Labute approximate surface area is 125 Å². The van der Waals surface area contributed by atoms with Gasteiger partial charge in [0, 0.05) is 31.4 Å². The zero-order valence-corrected chi connectivity index (χ0v) is 14.0. The summed E-state index contributed by atoms with van der Waals surface area (Å²) in [7, 11) is -5.55. The Kier molecular flexibility index (Phi) is 5.31. The second-order valence-corrected chi connectivity index (χ2v) is 8.72. The maximum atomic E-state index is 12.2. The number of nitrogens with zero attached hydrogens (tertiary/aromatic N) is 1. The lowest BCUT2D eigenvalue weighted by Crippen LogP contribution is -2.50. The van der Waals surface area contributed by atoms with Crippen molar-refractivity contribution >= 4 is 25.9 Å². The summed E-state index contributed by atoms with van der Waals surface area (Å²) in [6, 6.07) is 2.75. The van der Waals surface area contributed by atoms with Crippen LogP contribution >= 0.6 is 0 Å². The first-order valence-electron chi connectivity index (χ1n) is 6.08. The van der Waals surface area contributed by atoms with Gasteiger partial charge in [0.05, 0.1) is 11.2 Å². The normalized spacial score (nSPS) is 13.1. The molecule has 0 unspecified atom stereocenters. The van der Waals surface area contributed by atoms with Crippen molar-refractivity contribution in [2.24, 2.45) is 0 Å². The van der Waals surface area contributed by atoms with Crippen LogP contribution in [0, 0.1) is 0 Å². The highest BCUT2D eigenvalue weighted by Gasteiger charge is 2.25. The molecule has 0 radical (unpaired) electrons. The maximum absolute atomic E-state index is 12.2. The van der Waals surface area contributed by atoms with Crippen LogP contribution in [-0.4, -0.2) is 47.2 Å². The van der Waals surface area contributed by atoms with Gasteiger partial charge in [0.15, 0.2) is 0 Å². The third kappa shape index (κ3) is 5.96. The van der Waals surface area contributed by atoms with Crippen LogP contribution in [-0.2, 0) is 20.0 Å². The summed E-state index contributed by atoms with van der Waals surface area (Å²) < 4.78 is 51.5. The zero-order chi connectivity index (χ0) is 16.3. The summed E-state index contributed by atoms with van der Waals surface area (Å²) in [5.74, 6) is 0.423. The fourth-order valence-electron chi connectivity index (χ4n) is 1.61. The van der Waals surface area contributed by atoms with E-state index in [1.165, 1.54) is 18.3 Å². The van der Waals surface area contributed by atoms with Crippen LogP contribution < -0.4 is 14.8 Å². The number of hydrogen-bond donors (Lipinski definition) is 3. The summed E-state index contributed by atoms with van der Waals surface area (Å²) in [5, 5.41) is 2.75. The van der Waals surface area contributed by atoms with E-state index in [1.807, 2.05) is 0 Å². The molecule has 10 heteroatoms. The molecule has 1 aromatic rings. The molecular weight excluding hydrogens is 316 g/mol. The first-order chi connectivity index (χ1) is 9.45. The smallest absolute Gasteiger partial charge is 0.240 e. The lowest BCUT2D eigenvalue weighted by Gasteiger charge is -2.25. The number of hydrogen-bond acceptors (Lipinski definition) is 6. The van der Waals surface area contributed by atoms with E-state index in [0.717, 1.165) is 6.26 Å². The fraction of sp³-hybridized carbons (Fsp3) is 0.545. The van der Waals surface area contributed by atoms with Crippen molar-refractivity contribution in [1.82, 2.24) is 14.4 Å². The molecule has 1 heterocycles. The van der Waals surface area contributed by atoms with Crippen molar-refractivity contribution in [2.75, 3.05) is 25.2 Å². The molecule has 0 atom stereocenters. The monoisotopic (exact) mass is 336 g/mol.